The fourth-order valence-corrected chi connectivity index (χ4v) is 6.43. The molecule has 1 fully saturated rings. The topological polar surface area (TPSA) is 92.5 Å². The third-order valence-electron chi connectivity index (χ3n) is 6.80. The van der Waals surface area contributed by atoms with E-state index in [0.717, 1.165) is 18.4 Å². The van der Waals surface area contributed by atoms with Crippen molar-refractivity contribution in [3.05, 3.63) is 46.3 Å². The van der Waals surface area contributed by atoms with Crippen LogP contribution in [0.3, 0.4) is 0 Å². The minimum atomic E-state index is -3.68. The molecule has 0 atom stereocenters. The van der Waals surface area contributed by atoms with Crippen LogP contribution in [-0.2, 0) is 20.2 Å². The summed E-state index contributed by atoms with van der Waals surface area (Å²) in [4.78, 5) is 13.1. The highest BCUT2D eigenvalue weighted by Gasteiger charge is 2.36. The lowest BCUT2D eigenvalue weighted by Gasteiger charge is -2.34. The van der Waals surface area contributed by atoms with Crippen LogP contribution < -0.4 is 5.32 Å². The van der Waals surface area contributed by atoms with Gasteiger partial charge in [-0.15, -0.1) is 0 Å². The van der Waals surface area contributed by atoms with Crippen molar-refractivity contribution < 1.29 is 17.7 Å². The Morgan fingerprint density at radius 3 is 2.28 bits per heavy atom. The molecule has 7 nitrogen and oxygen atoms in total. The van der Waals surface area contributed by atoms with Crippen LogP contribution in [0.5, 0.6) is 0 Å². The van der Waals surface area contributed by atoms with E-state index in [4.69, 9.17) is 16.1 Å². The van der Waals surface area contributed by atoms with Gasteiger partial charge < -0.3 is 9.84 Å². The molecule has 1 aliphatic rings. The number of piperidine rings is 1. The van der Waals surface area contributed by atoms with Gasteiger partial charge in [-0.25, -0.2) is 8.42 Å². The highest BCUT2D eigenvalue weighted by atomic mass is 35.5. The number of hydrogen-bond acceptors (Lipinski definition) is 5. The molecule has 0 radical (unpaired) electrons. The van der Waals surface area contributed by atoms with E-state index in [1.54, 1.807) is 13.8 Å². The molecule has 1 aromatic carbocycles. The zero-order valence-corrected chi connectivity index (χ0v) is 20.7. The molecule has 1 aliphatic heterocycles. The van der Waals surface area contributed by atoms with E-state index in [1.807, 2.05) is 24.3 Å². The van der Waals surface area contributed by atoms with E-state index in [0.29, 0.717) is 49.0 Å². The Kier molecular flexibility index (Phi) is 7.68. The number of carbonyl (C=O) groups is 1. The van der Waals surface area contributed by atoms with Crippen molar-refractivity contribution in [2.75, 3.05) is 19.6 Å². The number of aryl methyl sites for hydroxylation is 2. The molecule has 0 unspecified atom stereocenters. The van der Waals surface area contributed by atoms with Gasteiger partial charge in [0, 0.05) is 36.0 Å². The molecule has 1 N–H and O–H groups in total. The Morgan fingerprint density at radius 1 is 1.19 bits per heavy atom. The molecule has 2 heterocycles. The number of carbonyl (C=O) groups excluding carboxylic acids is 1. The number of sulfonamides is 1. The van der Waals surface area contributed by atoms with Crippen molar-refractivity contribution in [3.8, 4) is 0 Å². The van der Waals surface area contributed by atoms with Gasteiger partial charge in [0.2, 0.25) is 15.9 Å². The van der Waals surface area contributed by atoms with E-state index in [1.165, 1.54) is 4.31 Å². The van der Waals surface area contributed by atoms with Gasteiger partial charge in [-0.1, -0.05) is 42.7 Å². The van der Waals surface area contributed by atoms with Crippen molar-refractivity contribution in [1.29, 1.82) is 0 Å². The van der Waals surface area contributed by atoms with Crippen LogP contribution in [0.1, 0.15) is 56.5 Å². The van der Waals surface area contributed by atoms with Crippen LogP contribution in [0.15, 0.2) is 33.7 Å². The summed E-state index contributed by atoms with van der Waals surface area (Å²) in [5.41, 5.74) is 1.36. The Bertz CT molecular complexity index is 1020. The summed E-state index contributed by atoms with van der Waals surface area (Å²) >= 11 is 6.05. The van der Waals surface area contributed by atoms with Gasteiger partial charge in [0.25, 0.3) is 0 Å². The van der Waals surface area contributed by atoms with Gasteiger partial charge in [-0.2, -0.15) is 4.31 Å². The molecule has 1 saturated heterocycles. The molecule has 3 rings (SSSR count). The van der Waals surface area contributed by atoms with Crippen LogP contribution in [0, 0.1) is 19.8 Å². The molecule has 176 valence electrons. The van der Waals surface area contributed by atoms with Crippen LogP contribution >= 0.6 is 11.6 Å². The normalized spacial score (nSPS) is 16.3. The molecule has 2 aromatic rings. The van der Waals surface area contributed by atoms with E-state index < -0.39 is 10.0 Å². The van der Waals surface area contributed by atoms with Gasteiger partial charge in [0.1, 0.15) is 10.6 Å². The number of aromatic nitrogens is 1. The highest BCUT2D eigenvalue weighted by molar-refractivity contribution is 7.89. The molecule has 0 saturated carbocycles. The molecular weight excluding hydrogens is 450 g/mol. The Hall–Kier alpha value is -1.90. The lowest BCUT2D eigenvalue weighted by atomic mass is 9.75. The van der Waals surface area contributed by atoms with Crippen LogP contribution in [0.25, 0.3) is 0 Å². The van der Waals surface area contributed by atoms with Crippen LogP contribution in [0.4, 0.5) is 0 Å². The summed E-state index contributed by atoms with van der Waals surface area (Å²) in [5, 5.41) is 7.60. The summed E-state index contributed by atoms with van der Waals surface area (Å²) in [6, 6.07) is 7.82. The molecule has 0 bridgehead atoms. The summed E-state index contributed by atoms with van der Waals surface area (Å²) in [6.45, 7) is 8.62. The van der Waals surface area contributed by atoms with Gasteiger partial charge in [0.15, 0.2) is 5.76 Å². The first-order chi connectivity index (χ1) is 15.1. The van der Waals surface area contributed by atoms with Gasteiger partial charge in [0.05, 0.1) is 0 Å². The number of halogens is 1. The van der Waals surface area contributed by atoms with Crippen molar-refractivity contribution in [2.45, 2.75) is 63.7 Å². The summed E-state index contributed by atoms with van der Waals surface area (Å²) in [7, 11) is -3.68. The van der Waals surface area contributed by atoms with Gasteiger partial charge in [-0.3, -0.25) is 4.79 Å². The maximum Gasteiger partial charge on any atom is 0.248 e. The van der Waals surface area contributed by atoms with Gasteiger partial charge >= 0.3 is 0 Å². The second kappa shape index (κ2) is 9.93. The molecule has 0 aliphatic carbocycles. The third kappa shape index (κ3) is 4.87. The lowest BCUT2D eigenvalue weighted by molar-refractivity contribution is -0.126. The number of benzene rings is 1. The van der Waals surface area contributed by atoms with Gasteiger partial charge in [-0.05, 0) is 57.2 Å². The van der Waals surface area contributed by atoms with E-state index in [2.05, 4.69) is 24.3 Å². The fourth-order valence-electron chi connectivity index (χ4n) is 4.54. The van der Waals surface area contributed by atoms with Crippen LogP contribution in [0.2, 0.25) is 5.02 Å². The minimum Gasteiger partial charge on any atom is -0.360 e. The molecule has 1 aromatic heterocycles. The lowest BCUT2D eigenvalue weighted by Crippen LogP contribution is -2.46. The third-order valence-corrected chi connectivity index (χ3v) is 9.20. The average molecular weight is 482 g/mol. The predicted octanol–water partition coefficient (Wildman–Crippen LogP) is 4.22. The Morgan fingerprint density at radius 2 is 1.78 bits per heavy atom. The zero-order valence-electron chi connectivity index (χ0n) is 19.2. The number of hydrogen-bond donors (Lipinski definition) is 1. The number of amides is 1. The first kappa shape index (κ1) is 24.7. The predicted molar refractivity (Wildman–Crippen MR) is 124 cm³/mol. The molecule has 32 heavy (non-hydrogen) atoms. The largest absolute Gasteiger partial charge is 0.360 e. The van der Waals surface area contributed by atoms with Crippen LogP contribution in [-0.4, -0.2) is 43.4 Å². The zero-order chi connectivity index (χ0) is 23.5. The maximum absolute atomic E-state index is 13.0. The second-order valence-corrected chi connectivity index (χ2v) is 10.9. The first-order valence-corrected chi connectivity index (χ1v) is 12.9. The molecule has 9 heteroatoms. The summed E-state index contributed by atoms with van der Waals surface area (Å²) < 4.78 is 32.5. The standard InChI is InChI=1S/C23H32ClN3O4S/c1-5-23(6-2,19-7-9-20(24)10-8-19)15-25-22(28)18-11-13-27(14-12-18)32(29,30)21-16(3)26-31-17(21)4/h7-10,18H,5-6,11-15H2,1-4H3,(H,25,28). The highest BCUT2D eigenvalue weighted by Crippen LogP contribution is 2.32. The van der Waals surface area contributed by atoms with Crippen molar-refractivity contribution in [2.24, 2.45) is 5.92 Å². The number of nitrogens with one attached hydrogen (secondary N) is 1. The molecule has 0 spiro atoms. The van der Waals surface area contributed by atoms with Crippen molar-refractivity contribution in [3.63, 3.8) is 0 Å². The van der Waals surface area contributed by atoms with E-state index >= 15 is 0 Å². The molecular formula is C23H32ClN3O4S. The number of nitrogens with zero attached hydrogens (tertiary/aromatic N) is 2. The Labute approximate surface area is 195 Å². The van der Waals surface area contributed by atoms with E-state index in [-0.39, 0.29) is 22.1 Å². The summed E-state index contributed by atoms with van der Waals surface area (Å²) in [6.07, 6.45) is 2.75. The Balaban J connectivity index is 1.62. The SMILES string of the molecule is CCC(CC)(CNC(=O)C1CCN(S(=O)(=O)c2c(C)noc2C)CC1)c1ccc(Cl)cc1. The second-order valence-electron chi connectivity index (χ2n) is 8.54. The quantitative estimate of drug-likeness (QED) is 0.609. The molecule has 1 amide bonds. The average Bonchev–Trinajstić information content (AvgIpc) is 3.14. The minimum absolute atomic E-state index is 0.0142. The fraction of sp³-hybridized carbons (Fsp3) is 0.565. The smallest absolute Gasteiger partial charge is 0.248 e. The van der Waals surface area contributed by atoms with E-state index in [9.17, 15) is 13.2 Å². The summed E-state index contributed by atoms with van der Waals surface area (Å²) in [5.74, 6) is 0.0717. The monoisotopic (exact) mass is 481 g/mol. The van der Waals surface area contributed by atoms with Crippen molar-refractivity contribution >= 4 is 27.5 Å². The first-order valence-electron chi connectivity index (χ1n) is 11.1. The van der Waals surface area contributed by atoms with Crippen molar-refractivity contribution in [1.82, 2.24) is 14.8 Å². The maximum atomic E-state index is 13.0. The number of rotatable bonds is 8.